The number of nitrogens with one attached hydrogen (secondary N) is 2. The number of methoxy groups -OCH3 is 1. The third-order valence-corrected chi connectivity index (χ3v) is 3.22. The van der Waals surface area contributed by atoms with E-state index >= 15 is 0 Å². The highest BCUT2D eigenvalue weighted by molar-refractivity contribution is 5.59. The molecule has 1 aliphatic heterocycles. The zero-order valence-electron chi connectivity index (χ0n) is 10.8. The van der Waals surface area contributed by atoms with Crippen LogP contribution in [0.5, 0.6) is 0 Å². The van der Waals surface area contributed by atoms with Gasteiger partial charge in [-0.25, -0.2) is 0 Å². The first-order chi connectivity index (χ1) is 8.31. The zero-order chi connectivity index (χ0) is 12.1. The molecule has 3 heteroatoms. The summed E-state index contributed by atoms with van der Waals surface area (Å²) < 4.78 is 5.13. The SMILES string of the molecule is COCC(C)NCc1cccc2c1NCCC2. The summed E-state index contributed by atoms with van der Waals surface area (Å²) in [5.74, 6) is 0. The van der Waals surface area contributed by atoms with Crippen LogP contribution in [0.15, 0.2) is 18.2 Å². The van der Waals surface area contributed by atoms with Gasteiger partial charge in [-0.3, -0.25) is 0 Å². The van der Waals surface area contributed by atoms with Crippen molar-refractivity contribution in [2.24, 2.45) is 0 Å². The molecule has 0 saturated carbocycles. The highest BCUT2D eigenvalue weighted by Gasteiger charge is 2.12. The molecule has 3 nitrogen and oxygen atoms in total. The van der Waals surface area contributed by atoms with Crippen LogP contribution >= 0.6 is 0 Å². The molecule has 2 N–H and O–H groups in total. The summed E-state index contributed by atoms with van der Waals surface area (Å²) in [4.78, 5) is 0. The molecule has 2 rings (SSSR count). The van der Waals surface area contributed by atoms with Crippen LogP contribution < -0.4 is 10.6 Å². The van der Waals surface area contributed by atoms with E-state index in [0.29, 0.717) is 6.04 Å². The number of hydrogen-bond acceptors (Lipinski definition) is 3. The molecule has 0 amide bonds. The summed E-state index contributed by atoms with van der Waals surface area (Å²) in [6, 6.07) is 6.97. The molecule has 1 heterocycles. The van der Waals surface area contributed by atoms with E-state index in [4.69, 9.17) is 4.74 Å². The van der Waals surface area contributed by atoms with Crippen LogP contribution in [-0.2, 0) is 17.7 Å². The zero-order valence-corrected chi connectivity index (χ0v) is 10.8. The summed E-state index contributed by atoms with van der Waals surface area (Å²) in [5.41, 5.74) is 4.16. The van der Waals surface area contributed by atoms with Gasteiger partial charge in [-0.15, -0.1) is 0 Å². The molecule has 94 valence electrons. The number of rotatable bonds is 5. The maximum atomic E-state index is 5.13. The molecule has 0 fully saturated rings. The lowest BCUT2D eigenvalue weighted by Gasteiger charge is -2.22. The second-order valence-electron chi connectivity index (χ2n) is 4.72. The fourth-order valence-corrected chi connectivity index (χ4v) is 2.32. The average Bonchev–Trinajstić information content (AvgIpc) is 2.36. The van der Waals surface area contributed by atoms with Gasteiger partial charge in [0.05, 0.1) is 6.61 Å². The van der Waals surface area contributed by atoms with Gasteiger partial charge in [0, 0.05) is 31.9 Å². The summed E-state index contributed by atoms with van der Waals surface area (Å²) >= 11 is 0. The Morgan fingerprint density at radius 1 is 1.47 bits per heavy atom. The molecular weight excluding hydrogens is 212 g/mol. The summed E-state index contributed by atoms with van der Waals surface area (Å²) in [6.07, 6.45) is 2.44. The Bertz CT molecular complexity index is 365. The molecule has 0 bridgehead atoms. The van der Waals surface area contributed by atoms with Crippen LogP contribution in [0.2, 0.25) is 0 Å². The molecule has 1 aromatic carbocycles. The number of para-hydroxylation sites is 1. The van der Waals surface area contributed by atoms with E-state index < -0.39 is 0 Å². The number of anilines is 1. The number of aryl methyl sites for hydroxylation is 1. The van der Waals surface area contributed by atoms with Crippen molar-refractivity contribution in [3.05, 3.63) is 29.3 Å². The molecule has 1 aromatic rings. The first-order valence-electron chi connectivity index (χ1n) is 6.38. The van der Waals surface area contributed by atoms with Crippen LogP contribution in [0.4, 0.5) is 5.69 Å². The van der Waals surface area contributed by atoms with E-state index in [-0.39, 0.29) is 0 Å². The minimum atomic E-state index is 0.388. The highest BCUT2D eigenvalue weighted by Crippen LogP contribution is 2.25. The molecule has 1 atom stereocenters. The molecule has 1 unspecified atom stereocenters. The number of ether oxygens (including phenoxy) is 1. The molecular formula is C14H22N2O. The van der Waals surface area contributed by atoms with Gasteiger partial charge in [-0.05, 0) is 30.9 Å². The smallest absolute Gasteiger partial charge is 0.0613 e. The standard InChI is InChI=1S/C14H22N2O/c1-11(10-17-2)16-9-13-6-3-5-12-7-4-8-15-14(12)13/h3,5-6,11,15-16H,4,7-10H2,1-2H3. The van der Waals surface area contributed by atoms with Crippen molar-refractivity contribution >= 4 is 5.69 Å². The minimum absolute atomic E-state index is 0.388. The van der Waals surface area contributed by atoms with Crippen molar-refractivity contribution in [1.29, 1.82) is 0 Å². The highest BCUT2D eigenvalue weighted by atomic mass is 16.5. The number of hydrogen-bond donors (Lipinski definition) is 2. The predicted molar refractivity (Wildman–Crippen MR) is 71.4 cm³/mol. The maximum Gasteiger partial charge on any atom is 0.0613 e. The van der Waals surface area contributed by atoms with Gasteiger partial charge in [0.25, 0.3) is 0 Å². The second kappa shape index (κ2) is 6.03. The molecule has 1 aliphatic rings. The van der Waals surface area contributed by atoms with Gasteiger partial charge in [0.2, 0.25) is 0 Å². The molecule has 0 radical (unpaired) electrons. The van der Waals surface area contributed by atoms with Gasteiger partial charge in [0.15, 0.2) is 0 Å². The molecule has 17 heavy (non-hydrogen) atoms. The van der Waals surface area contributed by atoms with Gasteiger partial charge >= 0.3 is 0 Å². The first kappa shape index (κ1) is 12.4. The third kappa shape index (κ3) is 3.20. The van der Waals surface area contributed by atoms with E-state index in [1.54, 1.807) is 7.11 Å². The third-order valence-electron chi connectivity index (χ3n) is 3.22. The molecule has 0 saturated heterocycles. The van der Waals surface area contributed by atoms with Crippen LogP contribution in [0.1, 0.15) is 24.5 Å². The number of fused-ring (bicyclic) bond motifs is 1. The Balaban J connectivity index is 2.01. The van der Waals surface area contributed by atoms with Crippen molar-refractivity contribution in [1.82, 2.24) is 5.32 Å². The Labute approximate surface area is 104 Å². The quantitative estimate of drug-likeness (QED) is 0.819. The normalized spacial score (nSPS) is 16.1. The van der Waals surface area contributed by atoms with Crippen LogP contribution in [0.3, 0.4) is 0 Å². The Kier molecular flexibility index (Phi) is 4.40. The van der Waals surface area contributed by atoms with Crippen LogP contribution in [0, 0.1) is 0 Å². The second-order valence-corrected chi connectivity index (χ2v) is 4.72. The van der Waals surface area contributed by atoms with Crippen molar-refractivity contribution in [3.63, 3.8) is 0 Å². The van der Waals surface area contributed by atoms with Crippen molar-refractivity contribution in [2.45, 2.75) is 32.4 Å². The van der Waals surface area contributed by atoms with E-state index in [1.165, 1.54) is 29.7 Å². The lowest BCUT2D eigenvalue weighted by Crippen LogP contribution is -2.30. The minimum Gasteiger partial charge on any atom is -0.385 e. The summed E-state index contributed by atoms with van der Waals surface area (Å²) in [6.45, 7) is 4.90. The van der Waals surface area contributed by atoms with E-state index in [1.807, 2.05) is 0 Å². The van der Waals surface area contributed by atoms with Crippen molar-refractivity contribution in [3.8, 4) is 0 Å². The van der Waals surface area contributed by atoms with Crippen LogP contribution in [-0.4, -0.2) is 26.3 Å². The van der Waals surface area contributed by atoms with Crippen LogP contribution in [0.25, 0.3) is 0 Å². The van der Waals surface area contributed by atoms with Gasteiger partial charge in [-0.1, -0.05) is 18.2 Å². The largest absolute Gasteiger partial charge is 0.385 e. The summed E-state index contributed by atoms with van der Waals surface area (Å²) in [5, 5.41) is 7.00. The van der Waals surface area contributed by atoms with Crippen molar-refractivity contribution in [2.75, 3.05) is 25.6 Å². The van der Waals surface area contributed by atoms with Gasteiger partial charge in [-0.2, -0.15) is 0 Å². The van der Waals surface area contributed by atoms with Gasteiger partial charge in [0.1, 0.15) is 0 Å². The topological polar surface area (TPSA) is 33.3 Å². The fraction of sp³-hybridized carbons (Fsp3) is 0.571. The average molecular weight is 234 g/mol. The summed E-state index contributed by atoms with van der Waals surface area (Å²) in [7, 11) is 1.74. The van der Waals surface area contributed by atoms with E-state index in [9.17, 15) is 0 Å². The Morgan fingerprint density at radius 3 is 3.18 bits per heavy atom. The molecule has 0 spiro atoms. The maximum absolute atomic E-state index is 5.13. The first-order valence-corrected chi connectivity index (χ1v) is 6.38. The lowest BCUT2D eigenvalue weighted by molar-refractivity contribution is 0.171. The number of benzene rings is 1. The van der Waals surface area contributed by atoms with E-state index in [2.05, 4.69) is 35.8 Å². The Morgan fingerprint density at radius 2 is 2.35 bits per heavy atom. The Hall–Kier alpha value is -1.06. The van der Waals surface area contributed by atoms with E-state index in [0.717, 1.165) is 19.7 Å². The van der Waals surface area contributed by atoms with Gasteiger partial charge < -0.3 is 15.4 Å². The lowest BCUT2D eigenvalue weighted by atomic mass is 9.99. The molecule has 0 aromatic heterocycles. The fourth-order valence-electron chi connectivity index (χ4n) is 2.32. The van der Waals surface area contributed by atoms with Crippen molar-refractivity contribution < 1.29 is 4.74 Å². The monoisotopic (exact) mass is 234 g/mol. The predicted octanol–water partition coefficient (Wildman–Crippen LogP) is 2.17. The molecule has 0 aliphatic carbocycles.